The summed E-state index contributed by atoms with van der Waals surface area (Å²) in [7, 11) is -3.86. The summed E-state index contributed by atoms with van der Waals surface area (Å²) in [4.78, 5) is 27.2. The van der Waals surface area contributed by atoms with E-state index in [9.17, 15) is 18.0 Å². The van der Waals surface area contributed by atoms with Crippen molar-refractivity contribution in [3.8, 4) is 0 Å². The number of halogens is 2. The van der Waals surface area contributed by atoms with Crippen molar-refractivity contribution >= 4 is 50.7 Å². The van der Waals surface area contributed by atoms with E-state index in [1.165, 1.54) is 23.1 Å². The second-order valence-electron chi connectivity index (χ2n) is 7.44. The van der Waals surface area contributed by atoms with Gasteiger partial charge in [0.05, 0.1) is 17.0 Å². The Morgan fingerprint density at radius 2 is 1.72 bits per heavy atom. The third-order valence-electron chi connectivity index (χ3n) is 4.85. The maximum absolute atomic E-state index is 13.3. The molecular formula is C22H27Cl2N3O4S. The molecule has 0 unspecified atom stereocenters. The van der Waals surface area contributed by atoms with Gasteiger partial charge in [0, 0.05) is 18.1 Å². The molecule has 2 amide bonds. The van der Waals surface area contributed by atoms with Gasteiger partial charge in [0.25, 0.3) is 0 Å². The Hall–Kier alpha value is -2.29. The quantitative estimate of drug-likeness (QED) is 0.570. The fraction of sp³-hybridized carbons (Fsp3) is 0.364. The number of nitrogens with one attached hydrogen (secondary N) is 1. The van der Waals surface area contributed by atoms with Crippen molar-refractivity contribution in [3.05, 3.63) is 63.6 Å². The molecule has 0 saturated carbocycles. The van der Waals surface area contributed by atoms with E-state index in [1.54, 1.807) is 13.8 Å². The summed E-state index contributed by atoms with van der Waals surface area (Å²) < 4.78 is 25.9. The molecule has 2 rings (SSSR count). The fourth-order valence-electron chi connectivity index (χ4n) is 3.07. The molecule has 2 aromatic rings. The molecule has 7 nitrogen and oxygen atoms in total. The van der Waals surface area contributed by atoms with Gasteiger partial charge in [0.1, 0.15) is 12.6 Å². The Kier molecular flexibility index (Phi) is 8.95. The minimum absolute atomic E-state index is 0.0950. The molecule has 0 aromatic heterocycles. The van der Waals surface area contributed by atoms with Gasteiger partial charge in [0.2, 0.25) is 21.8 Å². The normalized spacial score (nSPS) is 12.2. The van der Waals surface area contributed by atoms with Gasteiger partial charge in [-0.05, 0) is 44.5 Å². The Morgan fingerprint density at radius 3 is 2.25 bits per heavy atom. The van der Waals surface area contributed by atoms with Gasteiger partial charge in [0.15, 0.2) is 0 Å². The first-order valence-corrected chi connectivity index (χ1v) is 12.6. The molecule has 2 aromatic carbocycles. The Balaban J connectivity index is 2.40. The SMILES string of the molecule is CCNC(=O)[C@H](C)N(Cc1ccc(C)cc1)C(=O)CN(c1ccc(Cl)cc1Cl)S(C)(=O)=O. The first-order chi connectivity index (χ1) is 14.9. The van der Waals surface area contributed by atoms with Crippen LogP contribution in [0.15, 0.2) is 42.5 Å². The van der Waals surface area contributed by atoms with E-state index >= 15 is 0 Å². The van der Waals surface area contributed by atoms with Crippen molar-refractivity contribution in [2.45, 2.75) is 33.4 Å². The van der Waals surface area contributed by atoms with Crippen LogP contribution in [-0.2, 0) is 26.2 Å². The lowest BCUT2D eigenvalue weighted by Crippen LogP contribution is -2.51. The smallest absolute Gasteiger partial charge is 0.244 e. The standard InChI is InChI=1S/C22H27Cl2N3O4S/c1-5-25-22(29)16(3)26(13-17-8-6-15(2)7-9-17)21(28)14-27(32(4,30)31)20-11-10-18(23)12-19(20)24/h6-12,16H,5,13-14H2,1-4H3,(H,25,29)/t16-/m0/s1. The molecule has 10 heteroatoms. The zero-order valence-corrected chi connectivity index (χ0v) is 20.8. The summed E-state index contributed by atoms with van der Waals surface area (Å²) in [5.41, 5.74) is 2.01. The van der Waals surface area contributed by atoms with Gasteiger partial charge < -0.3 is 10.2 Å². The lowest BCUT2D eigenvalue weighted by molar-refractivity contribution is -0.139. The minimum atomic E-state index is -3.86. The number of carbonyl (C=O) groups excluding carboxylic acids is 2. The minimum Gasteiger partial charge on any atom is -0.355 e. The Bertz CT molecular complexity index is 1080. The van der Waals surface area contributed by atoms with Gasteiger partial charge in [-0.1, -0.05) is 53.0 Å². The summed E-state index contributed by atoms with van der Waals surface area (Å²) >= 11 is 12.1. The summed E-state index contributed by atoms with van der Waals surface area (Å²) in [5.74, 6) is -0.871. The van der Waals surface area contributed by atoms with E-state index in [2.05, 4.69) is 5.32 Å². The topological polar surface area (TPSA) is 86.8 Å². The van der Waals surface area contributed by atoms with Crippen molar-refractivity contribution in [3.63, 3.8) is 0 Å². The van der Waals surface area contributed by atoms with Crippen molar-refractivity contribution in [1.29, 1.82) is 0 Å². The van der Waals surface area contributed by atoms with Crippen LogP contribution in [0.1, 0.15) is 25.0 Å². The van der Waals surface area contributed by atoms with Crippen LogP contribution in [0.5, 0.6) is 0 Å². The number of likely N-dealkylation sites (N-methyl/N-ethyl adjacent to an activating group) is 1. The molecule has 0 aliphatic heterocycles. The highest BCUT2D eigenvalue weighted by molar-refractivity contribution is 7.92. The zero-order valence-electron chi connectivity index (χ0n) is 18.4. The van der Waals surface area contributed by atoms with Crippen molar-refractivity contribution in [1.82, 2.24) is 10.2 Å². The first-order valence-electron chi connectivity index (χ1n) is 9.99. The van der Waals surface area contributed by atoms with Crippen LogP contribution in [0.3, 0.4) is 0 Å². The highest BCUT2D eigenvalue weighted by Crippen LogP contribution is 2.30. The Labute approximate surface area is 199 Å². The van der Waals surface area contributed by atoms with Crippen LogP contribution >= 0.6 is 23.2 Å². The zero-order chi connectivity index (χ0) is 24.1. The first kappa shape index (κ1) is 26.0. The number of hydrogen-bond acceptors (Lipinski definition) is 4. The van der Waals surface area contributed by atoms with E-state index in [0.717, 1.165) is 21.7 Å². The molecule has 1 atom stereocenters. The summed E-state index contributed by atoms with van der Waals surface area (Å²) in [6.07, 6.45) is 0.989. The Morgan fingerprint density at radius 1 is 1.09 bits per heavy atom. The molecule has 0 heterocycles. The molecule has 0 aliphatic carbocycles. The number of anilines is 1. The van der Waals surface area contributed by atoms with Crippen LogP contribution < -0.4 is 9.62 Å². The number of benzene rings is 2. The highest BCUT2D eigenvalue weighted by atomic mass is 35.5. The van der Waals surface area contributed by atoms with Gasteiger partial charge in [-0.25, -0.2) is 8.42 Å². The van der Waals surface area contributed by atoms with Crippen LogP contribution in [-0.4, -0.2) is 50.5 Å². The van der Waals surface area contributed by atoms with Crippen LogP contribution in [0, 0.1) is 6.92 Å². The molecule has 0 bridgehead atoms. The third kappa shape index (κ3) is 6.85. The van der Waals surface area contributed by atoms with E-state index in [-0.39, 0.29) is 23.2 Å². The molecule has 1 N–H and O–H groups in total. The highest BCUT2D eigenvalue weighted by Gasteiger charge is 2.30. The van der Waals surface area contributed by atoms with Crippen molar-refractivity contribution in [2.75, 3.05) is 23.7 Å². The summed E-state index contributed by atoms with van der Waals surface area (Å²) in [6.45, 7) is 5.37. The van der Waals surface area contributed by atoms with Gasteiger partial charge in [-0.3, -0.25) is 13.9 Å². The number of sulfonamides is 1. The molecule has 0 aliphatic rings. The third-order valence-corrected chi connectivity index (χ3v) is 6.51. The van der Waals surface area contributed by atoms with E-state index in [1.807, 2.05) is 31.2 Å². The number of rotatable bonds is 9. The molecular weight excluding hydrogens is 473 g/mol. The van der Waals surface area contributed by atoms with Crippen LogP contribution in [0.2, 0.25) is 10.0 Å². The van der Waals surface area contributed by atoms with Crippen molar-refractivity contribution in [2.24, 2.45) is 0 Å². The van der Waals surface area contributed by atoms with Gasteiger partial charge in [-0.15, -0.1) is 0 Å². The summed E-state index contributed by atoms with van der Waals surface area (Å²) in [5, 5.41) is 3.14. The number of nitrogens with zero attached hydrogens (tertiary/aromatic N) is 2. The molecule has 0 saturated heterocycles. The predicted octanol–water partition coefficient (Wildman–Crippen LogP) is 3.62. The number of amides is 2. The van der Waals surface area contributed by atoms with Crippen molar-refractivity contribution < 1.29 is 18.0 Å². The fourth-order valence-corrected chi connectivity index (χ4v) is 4.50. The van der Waals surface area contributed by atoms with Crippen LogP contribution in [0.4, 0.5) is 5.69 Å². The molecule has 0 fully saturated rings. The number of carbonyl (C=O) groups is 2. The van der Waals surface area contributed by atoms with Crippen LogP contribution in [0.25, 0.3) is 0 Å². The van der Waals surface area contributed by atoms with Gasteiger partial charge >= 0.3 is 0 Å². The molecule has 0 spiro atoms. The monoisotopic (exact) mass is 499 g/mol. The second-order valence-corrected chi connectivity index (χ2v) is 10.2. The second kappa shape index (κ2) is 11.0. The lowest BCUT2D eigenvalue weighted by Gasteiger charge is -2.31. The molecule has 174 valence electrons. The van der Waals surface area contributed by atoms with E-state index in [0.29, 0.717) is 11.6 Å². The maximum Gasteiger partial charge on any atom is 0.244 e. The average Bonchev–Trinajstić information content (AvgIpc) is 2.71. The maximum atomic E-state index is 13.3. The molecule has 0 radical (unpaired) electrons. The largest absolute Gasteiger partial charge is 0.355 e. The average molecular weight is 500 g/mol. The predicted molar refractivity (Wildman–Crippen MR) is 129 cm³/mol. The van der Waals surface area contributed by atoms with E-state index < -0.39 is 28.5 Å². The molecule has 32 heavy (non-hydrogen) atoms. The van der Waals surface area contributed by atoms with E-state index in [4.69, 9.17) is 23.2 Å². The number of hydrogen-bond donors (Lipinski definition) is 1. The number of aryl methyl sites for hydroxylation is 1. The lowest BCUT2D eigenvalue weighted by atomic mass is 10.1. The van der Waals surface area contributed by atoms with Gasteiger partial charge in [-0.2, -0.15) is 0 Å². The summed E-state index contributed by atoms with van der Waals surface area (Å²) in [6, 6.07) is 11.1.